The average molecular weight is 390 g/mol. The highest BCUT2D eigenvalue weighted by Gasteiger charge is 2.32. The minimum Gasteiger partial charge on any atom is -0.339 e. The monoisotopic (exact) mass is 389 g/mol. The third-order valence-electron chi connectivity index (χ3n) is 4.75. The van der Waals surface area contributed by atoms with Crippen molar-refractivity contribution in [1.29, 1.82) is 0 Å². The Bertz CT molecular complexity index is 977. The van der Waals surface area contributed by atoms with Crippen LogP contribution < -0.4 is 0 Å². The summed E-state index contributed by atoms with van der Waals surface area (Å²) >= 11 is 6.01. The van der Waals surface area contributed by atoms with Crippen molar-refractivity contribution in [2.24, 2.45) is 0 Å². The second kappa shape index (κ2) is 6.89. The number of hydrogen-bond donors (Lipinski definition) is 0. The van der Waals surface area contributed by atoms with Gasteiger partial charge in [-0.2, -0.15) is 0 Å². The van der Waals surface area contributed by atoms with E-state index in [-0.39, 0.29) is 16.8 Å². The van der Waals surface area contributed by atoms with Gasteiger partial charge in [0.15, 0.2) is 9.84 Å². The maximum Gasteiger partial charge on any atom is 0.250 e. The highest BCUT2D eigenvalue weighted by molar-refractivity contribution is 7.90. The number of carbonyl (C=O) groups is 1. The van der Waals surface area contributed by atoms with Crippen LogP contribution in [0.5, 0.6) is 0 Å². The summed E-state index contributed by atoms with van der Waals surface area (Å²) in [5.41, 5.74) is 3.25. The molecule has 0 aliphatic carbocycles. The molecule has 1 unspecified atom stereocenters. The van der Waals surface area contributed by atoms with Gasteiger partial charge in [-0.15, -0.1) is 0 Å². The number of likely N-dealkylation sites (tertiary alicyclic amines) is 1. The van der Waals surface area contributed by atoms with Gasteiger partial charge in [-0.3, -0.25) is 4.79 Å². The fourth-order valence-electron chi connectivity index (χ4n) is 3.14. The molecule has 1 aliphatic rings. The third kappa shape index (κ3) is 3.55. The van der Waals surface area contributed by atoms with Crippen LogP contribution in [0.3, 0.4) is 0 Å². The topological polar surface area (TPSA) is 54.5 Å². The Labute approximate surface area is 159 Å². The van der Waals surface area contributed by atoms with Crippen LogP contribution in [0.4, 0.5) is 0 Å². The molecule has 4 nitrogen and oxygen atoms in total. The Morgan fingerprint density at radius 1 is 1.04 bits per heavy atom. The summed E-state index contributed by atoms with van der Waals surface area (Å²) in [4.78, 5) is 14.7. The van der Waals surface area contributed by atoms with Crippen LogP contribution in [0.25, 0.3) is 5.57 Å². The predicted molar refractivity (Wildman–Crippen MR) is 104 cm³/mol. The molecule has 1 amide bonds. The van der Waals surface area contributed by atoms with Gasteiger partial charge in [0.05, 0.1) is 4.90 Å². The number of nitrogens with zero attached hydrogens (tertiary/aromatic N) is 1. The Morgan fingerprint density at radius 3 is 1.96 bits per heavy atom. The number of halogens is 1. The van der Waals surface area contributed by atoms with Crippen molar-refractivity contribution in [3.8, 4) is 0 Å². The number of amides is 1. The average Bonchev–Trinajstić information content (AvgIpc) is 2.84. The van der Waals surface area contributed by atoms with Crippen LogP contribution in [0.15, 0.2) is 59.0 Å². The second-order valence-electron chi connectivity index (χ2n) is 6.63. The van der Waals surface area contributed by atoms with E-state index in [1.54, 1.807) is 48.3 Å². The third-order valence-corrected chi connectivity index (χ3v) is 6.13. The largest absolute Gasteiger partial charge is 0.339 e. The summed E-state index contributed by atoms with van der Waals surface area (Å²) in [6.45, 7) is 2.01. The first-order valence-electron chi connectivity index (χ1n) is 8.25. The molecule has 3 rings (SSSR count). The number of likely N-dealkylation sites (N-methyl/N-ethyl adjacent to an activating group) is 1. The van der Waals surface area contributed by atoms with E-state index in [4.69, 9.17) is 11.6 Å². The maximum absolute atomic E-state index is 12.7. The first-order chi connectivity index (χ1) is 12.2. The molecule has 26 heavy (non-hydrogen) atoms. The first-order valence-corrected chi connectivity index (χ1v) is 10.5. The van der Waals surface area contributed by atoms with Crippen molar-refractivity contribution < 1.29 is 13.2 Å². The fourth-order valence-corrected chi connectivity index (χ4v) is 3.90. The second-order valence-corrected chi connectivity index (χ2v) is 9.08. The van der Waals surface area contributed by atoms with Gasteiger partial charge in [0.1, 0.15) is 0 Å². The predicted octanol–water partition coefficient (Wildman–Crippen LogP) is 3.80. The van der Waals surface area contributed by atoms with Gasteiger partial charge in [-0.25, -0.2) is 8.42 Å². The van der Waals surface area contributed by atoms with Crippen molar-refractivity contribution in [1.82, 2.24) is 4.90 Å². The lowest BCUT2D eigenvalue weighted by molar-refractivity contribution is -0.124. The Balaban J connectivity index is 2.19. The van der Waals surface area contributed by atoms with E-state index in [9.17, 15) is 13.2 Å². The van der Waals surface area contributed by atoms with E-state index < -0.39 is 9.84 Å². The molecular weight excluding hydrogens is 370 g/mol. The Hall–Kier alpha value is -2.11. The summed E-state index contributed by atoms with van der Waals surface area (Å²) < 4.78 is 23.5. The zero-order chi connectivity index (χ0) is 19.1. The van der Waals surface area contributed by atoms with E-state index in [1.807, 2.05) is 19.1 Å². The van der Waals surface area contributed by atoms with Crippen molar-refractivity contribution in [2.45, 2.75) is 24.3 Å². The Kier molecular flexibility index (Phi) is 4.95. The molecule has 1 fully saturated rings. The molecule has 0 N–H and O–H groups in total. The summed E-state index contributed by atoms with van der Waals surface area (Å²) in [6.07, 6.45) is 1.82. The van der Waals surface area contributed by atoms with Gasteiger partial charge >= 0.3 is 0 Å². The standard InChI is InChI=1S/C20H20ClNO3S/c1-13-12-18(20(23)22(13)2)19(14-4-8-16(21)9-5-14)15-6-10-17(11-7-15)26(3,24)25/h4-11,13H,12H2,1-3H3/b19-18-. The van der Waals surface area contributed by atoms with Crippen LogP contribution >= 0.6 is 11.6 Å². The van der Waals surface area contributed by atoms with Crippen LogP contribution in [0.1, 0.15) is 24.5 Å². The van der Waals surface area contributed by atoms with Crippen molar-refractivity contribution in [3.63, 3.8) is 0 Å². The molecule has 1 aliphatic heterocycles. The Morgan fingerprint density at radius 2 is 1.54 bits per heavy atom. The normalized spacial score (nSPS) is 19.8. The molecule has 1 heterocycles. The van der Waals surface area contributed by atoms with E-state index in [0.29, 0.717) is 11.4 Å². The molecule has 0 saturated carbocycles. The molecule has 0 bridgehead atoms. The van der Waals surface area contributed by atoms with Crippen molar-refractivity contribution >= 4 is 32.9 Å². The highest BCUT2D eigenvalue weighted by atomic mass is 35.5. The summed E-state index contributed by atoms with van der Waals surface area (Å²) in [5.74, 6) is -0.00496. The quantitative estimate of drug-likeness (QED) is 0.750. The molecule has 1 saturated heterocycles. The van der Waals surface area contributed by atoms with E-state index in [1.165, 1.54) is 6.26 Å². The van der Waals surface area contributed by atoms with Gasteiger partial charge < -0.3 is 4.90 Å². The fraction of sp³-hybridized carbons (Fsp3) is 0.250. The molecule has 2 aromatic rings. The van der Waals surface area contributed by atoms with Crippen molar-refractivity contribution in [2.75, 3.05) is 13.3 Å². The van der Waals surface area contributed by atoms with Crippen LogP contribution in [0.2, 0.25) is 5.02 Å². The zero-order valence-electron chi connectivity index (χ0n) is 14.9. The van der Waals surface area contributed by atoms with E-state index in [0.717, 1.165) is 22.3 Å². The van der Waals surface area contributed by atoms with Gasteiger partial charge in [0, 0.05) is 29.9 Å². The smallest absolute Gasteiger partial charge is 0.250 e. The van der Waals surface area contributed by atoms with Crippen LogP contribution in [-0.2, 0) is 14.6 Å². The first kappa shape index (κ1) is 18.7. The molecule has 136 valence electrons. The molecule has 2 aromatic carbocycles. The van der Waals surface area contributed by atoms with Crippen LogP contribution in [-0.4, -0.2) is 38.6 Å². The maximum atomic E-state index is 12.7. The van der Waals surface area contributed by atoms with E-state index in [2.05, 4.69) is 0 Å². The summed E-state index contributed by atoms with van der Waals surface area (Å²) in [7, 11) is -1.47. The number of carbonyl (C=O) groups excluding carboxylic acids is 1. The molecule has 0 spiro atoms. The minimum atomic E-state index is -3.27. The van der Waals surface area contributed by atoms with Gasteiger partial charge in [0.25, 0.3) is 0 Å². The number of sulfone groups is 1. The number of benzene rings is 2. The molecule has 6 heteroatoms. The molecular formula is C20H20ClNO3S. The van der Waals surface area contributed by atoms with E-state index >= 15 is 0 Å². The highest BCUT2D eigenvalue weighted by Crippen LogP contribution is 2.35. The zero-order valence-corrected chi connectivity index (χ0v) is 16.4. The summed E-state index contributed by atoms with van der Waals surface area (Å²) in [5, 5.41) is 0.619. The SMILES string of the molecule is CC1C/C(=C(\c2ccc(Cl)cc2)c2ccc(S(C)(=O)=O)cc2)C(=O)N1C. The summed E-state index contributed by atoms with van der Waals surface area (Å²) in [6, 6.07) is 14.1. The molecule has 0 aromatic heterocycles. The minimum absolute atomic E-state index is 0.00496. The lowest BCUT2D eigenvalue weighted by Gasteiger charge is -2.14. The van der Waals surface area contributed by atoms with Crippen LogP contribution in [0, 0.1) is 0 Å². The van der Waals surface area contributed by atoms with Gasteiger partial charge in [-0.05, 0) is 54.3 Å². The van der Waals surface area contributed by atoms with Gasteiger partial charge in [-0.1, -0.05) is 35.9 Å². The number of hydrogen-bond acceptors (Lipinski definition) is 3. The molecule has 0 radical (unpaired) electrons. The lowest BCUT2D eigenvalue weighted by atomic mass is 9.91. The van der Waals surface area contributed by atoms with Crippen molar-refractivity contribution in [3.05, 3.63) is 70.3 Å². The number of rotatable bonds is 3. The lowest BCUT2D eigenvalue weighted by Crippen LogP contribution is -2.26. The van der Waals surface area contributed by atoms with Gasteiger partial charge in [0.2, 0.25) is 5.91 Å². The molecule has 1 atom stereocenters.